The molecule has 0 radical (unpaired) electrons. The van der Waals surface area contributed by atoms with Crippen LogP contribution in [-0.2, 0) is 14.8 Å². The van der Waals surface area contributed by atoms with Crippen LogP contribution >= 0.6 is 0 Å². The molecule has 0 spiro atoms. The number of nitrogens with one attached hydrogen (secondary N) is 1. The number of fused-ring (bicyclic) bond motifs is 1. The van der Waals surface area contributed by atoms with Crippen molar-refractivity contribution in [3.8, 4) is 0 Å². The van der Waals surface area contributed by atoms with E-state index in [0.717, 1.165) is 9.54 Å². The molecule has 4 rings (SSSR count). The highest BCUT2D eigenvalue weighted by atomic mass is 32.2. The third-order valence-electron chi connectivity index (χ3n) is 4.99. The van der Waals surface area contributed by atoms with Crippen LogP contribution in [0.4, 0.5) is 16.2 Å². The summed E-state index contributed by atoms with van der Waals surface area (Å²) < 4.78 is 32.4. The van der Waals surface area contributed by atoms with Crippen molar-refractivity contribution in [2.75, 3.05) is 24.2 Å². The number of pyridine rings is 1. The van der Waals surface area contributed by atoms with Gasteiger partial charge in [0, 0.05) is 24.5 Å². The molecule has 10 nitrogen and oxygen atoms in total. The lowest BCUT2D eigenvalue weighted by Crippen LogP contribution is -2.31. The molecule has 5 N–H and O–H groups in total. The van der Waals surface area contributed by atoms with Crippen molar-refractivity contribution in [3.05, 3.63) is 48.3 Å². The third kappa shape index (κ3) is 3.64. The van der Waals surface area contributed by atoms with E-state index in [1.807, 2.05) is 11.9 Å². The molecular formula is C19H22N6O4S. The summed E-state index contributed by atoms with van der Waals surface area (Å²) in [7, 11) is -3.82. The maximum atomic E-state index is 13.1. The van der Waals surface area contributed by atoms with Crippen molar-refractivity contribution in [1.82, 2.24) is 14.0 Å². The van der Waals surface area contributed by atoms with Gasteiger partial charge in [-0.2, -0.15) is 0 Å². The Labute approximate surface area is 173 Å². The molecule has 0 unspecified atom stereocenters. The van der Waals surface area contributed by atoms with Crippen LogP contribution in [0.25, 0.3) is 11.0 Å². The Morgan fingerprint density at radius 2 is 2.00 bits per heavy atom. The number of ether oxygens (including phenoxy) is 1. The number of hydrogen-bond donors (Lipinski definition) is 3. The molecule has 2 aromatic heterocycles. The predicted molar refractivity (Wildman–Crippen MR) is 112 cm³/mol. The summed E-state index contributed by atoms with van der Waals surface area (Å²) in [6.07, 6.45) is 2.36. The number of benzene rings is 1. The molecule has 1 aromatic carbocycles. The zero-order valence-electron chi connectivity index (χ0n) is 16.3. The van der Waals surface area contributed by atoms with Gasteiger partial charge < -0.3 is 21.6 Å². The van der Waals surface area contributed by atoms with E-state index in [1.54, 1.807) is 30.3 Å². The Kier molecular flexibility index (Phi) is 5.00. The summed E-state index contributed by atoms with van der Waals surface area (Å²) in [4.78, 5) is 15.4. The van der Waals surface area contributed by atoms with Crippen molar-refractivity contribution in [2.45, 2.75) is 24.3 Å². The number of carbonyl (C=O) groups excluding carboxylic acids is 1. The molecular weight excluding hydrogens is 408 g/mol. The summed E-state index contributed by atoms with van der Waals surface area (Å²) in [6, 6.07) is 8.27. The van der Waals surface area contributed by atoms with Gasteiger partial charge in [0.1, 0.15) is 6.10 Å². The van der Waals surface area contributed by atoms with Crippen LogP contribution in [0, 0.1) is 6.92 Å². The molecule has 1 saturated heterocycles. The zero-order valence-corrected chi connectivity index (χ0v) is 17.1. The second-order valence-electron chi connectivity index (χ2n) is 7.16. The second kappa shape index (κ2) is 7.50. The highest BCUT2D eigenvalue weighted by Crippen LogP contribution is 2.31. The molecule has 1 fully saturated rings. The normalized spacial score (nSPS) is 17.3. The van der Waals surface area contributed by atoms with Gasteiger partial charge in [0.2, 0.25) is 0 Å². The van der Waals surface area contributed by atoms with E-state index in [0.29, 0.717) is 36.3 Å². The van der Waals surface area contributed by atoms with Crippen molar-refractivity contribution in [2.24, 2.45) is 5.73 Å². The average molecular weight is 430 g/mol. The molecule has 0 aliphatic carbocycles. The molecule has 1 atom stereocenters. The molecule has 3 aromatic rings. The Bertz CT molecular complexity index is 1210. The number of carbonyl (C=O) groups is 1. The summed E-state index contributed by atoms with van der Waals surface area (Å²) >= 11 is 0. The van der Waals surface area contributed by atoms with Gasteiger partial charge in [-0.25, -0.2) is 27.2 Å². The molecule has 0 bridgehead atoms. The number of aryl methyl sites for hydroxylation is 1. The highest BCUT2D eigenvalue weighted by molar-refractivity contribution is 7.90. The molecule has 1 amide bonds. The summed E-state index contributed by atoms with van der Waals surface area (Å²) in [5, 5.41) is 2.40. The summed E-state index contributed by atoms with van der Waals surface area (Å²) in [5.74, 6) is 0. The lowest BCUT2D eigenvalue weighted by Gasteiger charge is -2.20. The number of amides is 1. The van der Waals surface area contributed by atoms with Gasteiger partial charge in [-0.05, 0) is 25.1 Å². The van der Waals surface area contributed by atoms with Gasteiger partial charge >= 0.3 is 6.09 Å². The van der Waals surface area contributed by atoms with E-state index in [4.69, 9.17) is 16.2 Å². The highest BCUT2D eigenvalue weighted by Gasteiger charge is 2.27. The number of anilines is 2. The number of hydrazine groups is 1. The van der Waals surface area contributed by atoms with Crippen LogP contribution in [0.15, 0.2) is 47.6 Å². The molecule has 11 heteroatoms. The van der Waals surface area contributed by atoms with Crippen molar-refractivity contribution in [3.63, 3.8) is 0 Å². The number of rotatable bonds is 5. The number of hydrogen-bond acceptors (Lipinski definition) is 8. The minimum absolute atomic E-state index is 0.171. The first-order valence-corrected chi connectivity index (χ1v) is 10.7. The fraction of sp³-hybridized carbons (Fsp3) is 0.263. The first-order chi connectivity index (χ1) is 14.3. The molecule has 1 aliphatic heterocycles. The number of nitrogen functional groups attached to an aromatic ring is 1. The maximum absolute atomic E-state index is 13.1. The van der Waals surface area contributed by atoms with Gasteiger partial charge in [0.05, 0.1) is 29.0 Å². The number of aromatic nitrogens is 2. The van der Waals surface area contributed by atoms with Gasteiger partial charge in [-0.1, -0.05) is 17.7 Å². The van der Waals surface area contributed by atoms with E-state index in [9.17, 15) is 13.2 Å². The summed E-state index contributed by atoms with van der Waals surface area (Å²) in [6.45, 7) is 2.92. The average Bonchev–Trinajstić information content (AvgIpc) is 3.31. The number of nitrogens with two attached hydrogens (primary N) is 2. The van der Waals surface area contributed by atoms with Crippen LogP contribution in [0.5, 0.6) is 0 Å². The Balaban J connectivity index is 1.67. The fourth-order valence-corrected chi connectivity index (χ4v) is 4.77. The first-order valence-electron chi connectivity index (χ1n) is 9.31. The SMILES string of the molecule is Cc1ccc(S(=O)(=O)n2ccc3c(NN4CC[C@@H](OC(N)=O)C4)c(N)cnc32)cc1. The van der Waals surface area contributed by atoms with E-state index >= 15 is 0 Å². The van der Waals surface area contributed by atoms with E-state index in [1.165, 1.54) is 12.4 Å². The monoisotopic (exact) mass is 430 g/mol. The molecule has 1 aliphatic rings. The number of nitrogens with zero attached hydrogens (tertiary/aromatic N) is 3. The van der Waals surface area contributed by atoms with Crippen LogP contribution < -0.4 is 16.9 Å². The van der Waals surface area contributed by atoms with Gasteiger partial charge in [0.15, 0.2) is 5.65 Å². The molecule has 158 valence electrons. The minimum atomic E-state index is -3.82. The van der Waals surface area contributed by atoms with Crippen molar-refractivity contribution in [1.29, 1.82) is 0 Å². The molecule has 30 heavy (non-hydrogen) atoms. The van der Waals surface area contributed by atoms with Crippen molar-refractivity contribution < 1.29 is 17.9 Å². The number of primary amides is 1. The van der Waals surface area contributed by atoms with Crippen LogP contribution in [-0.4, -0.2) is 47.7 Å². The maximum Gasteiger partial charge on any atom is 0.404 e. The van der Waals surface area contributed by atoms with E-state index in [2.05, 4.69) is 10.4 Å². The smallest absolute Gasteiger partial charge is 0.404 e. The minimum Gasteiger partial charge on any atom is -0.445 e. The van der Waals surface area contributed by atoms with E-state index < -0.39 is 16.1 Å². The predicted octanol–water partition coefficient (Wildman–Crippen LogP) is 1.66. The Hall–Kier alpha value is -3.31. The van der Waals surface area contributed by atoms with Gasteiger partial charge in [0.25, 0.3) is 10.0 Å². The Morgan fingerprint density at radius 1 is 1.27 bits per heavy atom. The van der Waals surface area contributed by atoms with Crippen molar-refractivity contribution >= 4 is 38.5 Å². The standard InChI is InChI=1S/C19H22N6O4S/c1-12-2-4-14(5-3-12)30(27,28)25-9-7-15-17(16(20)10-22-18(15)25)23-24-8-6-13(11-24)29-19(21)26/h2-5,7,9-10,13H,6,8,11,20H2,1H3,(H2,21,26)(H,22,23)/t13-/m1/s1. The summed E-state index contributed by atoms with van der Waals surface area (Å²) in [5.41, 5.74) is 16.5. The van der Waals surface area contributed by atoms with Crippen LogP contribution in [0.2, 0.25) is 0 Å². The molecule has 0 saturated carbocycles. The molecule has 3 heterocycles. The largest absolute Gasteiger partial charge is 0.445 e. The van der Waals surface area contributed by atoms with Gasteiger partial charge in [-0.15, -0.1) is 0 Å². The topological polar surface area (TPSA) is 146 Å². The first kappa shape index (κ1) is 20.0. The quantitative estimate of drug-likeness (QED) is 0.554. The lowest BCUT2D eigenvalue weighted by atomic mass is 10.2. The lowest BCUT2D eigenvalue weighted by molar-refractivity contribution is 0.111. The van der Waals surface area contributed by atoms with Crippen LogP contribution in [0.3, 0.4) is 0 Å². The zero-order chi connectivity index (χ0) is 21.5. The van der Waals surface area contributed by atoms with Crippen LogP contribution in [0.1, 0.15) is 12.0 Å². The Morgan fingerprint density at radius 3 is 2.70 bits per heavy atom. The third-order valence-corrected chi connectivity index (χ3v) is 6.67. The van der Waals surface area contributed by atoms with E-state index in [-0.39, 0.29) is 16.6 Å². The van der Waals surface area contributed by atoms with Gasteiger partial charge in [-0.3, -0.25) is 0 Å². The second-order valence-corrected chi connectivity index (χ2v) is 8.98. The fourth-order valence-electron chi connectivity index (χ4n) is 3.47.